The third-order valence-electron chi connectivity index (χ3n) is 3.95. The highest BCUT2D eigenvalue weighted by Gasteiger charge is 2.18. The number of rotatable bonds is 8. The van der Waals surface area contributed by atoms with E-state index >= 15 is 0 Å². The maximum absolute atomic E-state index is 12.5. The SMILES string of the molecule is CCCCNC(=O)c1ccccc1NC(=O)[C@@H](C)Oc1ccc(C)cc1. The number of amides is 2. The number of nitrogens with one attached hydrogen (secondary N) is 2. The van der Waals surface area contributed by atoms with Crippen LogP contribution in [0.5, 0.6) is 5.75 Å². The van der Waals surface area contributed by atoms with E-state index < -0.39 is 6.10 Å². The van der Waals surface area contributed by atoms with Gasteiger partial charge < -0.3 is 15.4 Å². The van der Waals surface area contributed by atoms with E-state index in [2.05, 4.69) is 17.6 Å². The minimum absolute atomic E-state index is 0.193. The first kappa shape index (κ1) is 19.5. The molecule has 0 aliphatic heterocycles. The molecule has 2 rings (SSSR count). The molecule has 0 radical (unpaired) electrons. The van der Waals surface area contributed by atoms with E-state index in [-0.39, 0.29) is 11.8 Å². The van der Waals surface area contributed by atoms with E-state index in [0.717, 1.165) is 18.4 Å². The lowest BCUT2D eigenvalue weighted by Gasteiger charge is -2.16. The molecule has 0 aliphatic carbocycles. The van der Waals surface area contributed by atoms with Crippen LogP contribution in [0.15, 0.2) is 48.5 Å². The summed E-state index contributed by atoms with van der Waals surface area (Å²) in [5.41, 5.74) is 2.04. The molecule has 0 bridgehead atoms. The molecule has 5 nitrogen and oxygen atoms in total. The molecule has 2 N–H and O–H groups in total. The van der Waals surface area contributed by atoms with Crippen LogP contribution in [0, 0.1) is 6.92 Å². The molecule has 138 valence electrons. The molecule has 0 unspecified atom stereocenters. The van der Waals surface area contributed by atoms with Crippen molar-refractivity contribution in [1.29, 1.82) is 0 Å². The van der Waals surface area contributed by atoms with Crippen LogP contribution in [-0.2, 0) is 4.79 Å². The van der Waals surface area contributed by atoms with Crippen LogP contribution in [0.2, 0.25) is 0 Å². The highest BCUT2D eigenvalue weighted by molar-refractivity contribution is 6.04. The van der Waals surface area contributed by atoms with Gasteiger partial charge in [-0.1, -0.05) is 43.2 Å². The van der Waals surface area contributed by atoms with Gasteiger partial charge >= 0.3 is 0 Å². The molecule has 2 aromatic carbocycles. The summed E-state index contributed by atoms with van der Waals surface area (Å²) in [6.45, 7) is 6.35. The Bertz CT molecular complexity index is 741. The second-order valence-electron chi connectivity index (χ2n) is 6.22. The first-order chi connectivity index (χ1) is 12.5. The summed E-state index contributed by atoms with van der Waals surface area (Å²) in [4.78, 5) is 24.8. The Morgan fingerprint density at radius 3 is 2.46 bits per heavy atom. The second-order valence-corrected chi connectivity index (χ2v) is 6.22. The van der Waals surface area contributed by atoms with Crippen molar-refractivity contribution in [2.75, 3.05) is 11.9 Å². The zero-order valence-electron chi connectivity index (χ0n) is 15.5. The minimum Gasteiger partial charge on any atom is -0.481 e. The van der Waals surface area contributed by atoms with Gasteiger partial charge in [-0.3, -0.25) is 9.59 Å². The summed E-state index contributed by atoms with van der Waals surface area (Å²) in [6.07, 6.45) is 1.24. The van der Waals surface area contributed by atoms with Gasteiger partial charge in [0.05, 0.1) is 11.3 Å². The third-order valence-corrected chi connectivity index (χ3v) is 3.95. The number of anilines is 1. The second kappa shape index (κ2) is 9.61. The summed E-state index contributed by atoms with van der Waals surface area (Å²) in [5, 5.41) is 5.65. The molecule has 1 atom stereocenters. The average Bonchev–Trinajstić information content (AvgIpc) is 2.64. The van der Waals surface area contributed by atoms with Crippen molar-refractivity contribution in [3.8, 4) is 5.75 Å². The summed E-state index contributed by atoms with van der Waals surface area (Å²) in [5.74, 6) is 0.129. The molecular weight excluding hydrogens is 328 g/mol. The smallest absolute Gasteiger partial charge is 0.265 e. The number of aryl methyl sites for hydroxylation is 1. The van der Waals surface area contributed by atoms with Gasteiger partial charge in [-0.05, 0) is 44.5 Å². The number of ether oxygens (including phenoxy) is 1. The Labute approximate surface area is 154 Å². The van der Waals surface area contributed by atoms with Gasteiger partial charge in [0.2, 0.25) is 0 Å². The standard InChI is InChI=1S/C21H26N2O3/c1-4-5-14-22-21(25)18-8-6-7-9-19(18)23-20(24)16(3)26-17-12-10-15(2)11-13-17/h6-13,16H,4-5,14H2,1-3H3,(H,22,25)(H,23,24)/t16-/m1/s1. The van der Waals surface area contributed by atoms with Gasteiger partial charge in [-0.2, -0.15) is 0 Å². The van der Waals surface area contributed by atoms with E-state index in [1.807, 2.05) is 31.2 Å². The Morgan fingerprint density at radius 1 is 1.08 bits per heavy atom. The van der Waals surface area contributed by atoms with Crippen LogP contribution in [0.25, 0.3) is 0 Å². The van der Waals surface area contributed by atoms with Crippen LogP contribution >= 0.6 is 0 Å². The lowest BCUT2D eigenvalue weighted by atomic mass is 10.1. The van der Waals surface area contributed by atoms with Gasteiger partial charge in [-0.15, -0.1) is 0 Å². The number of para-hydroxylation sites is 1. The van der Waals surface area contributed by atoms with Gasteiger partial charge in [0, 0.05) is 6.54 Å². The summed E-state index contributed by atoms with van der Waals surface area (Å²) in [6, 6.07) is 14.5. The van der Waals surface area contributed by atoms with E-state index in [4.69, 9.17) is 4.74 Å². The van der Waals surface area contributed by atoms with Crippen molar-refractivity contribution in [2.24, 2.45) is 0 Å². The van der Waals surface area contributed by atoms with Gasteiger partial charge in [0.25, 0.3) is 11.8 Å². The fraction of sp³-hybridized carbons (Fsp3) is 0.333. The van der Waals surface area contributed by atoms with Crippen LogP contribution < -0.4 is 15.4 Å². The first-order valence-corrected chi connectivity index (χ1v) is 8.92. The van der Waals surface area contributed by atoms with Crippen molar-refractivity contribution in [1.82, 2.24) is 5.32 Å². The predicted octanol–water partition coefficient (Wildman–Crippen LogP) is 3.93. The molecule has 0 spiro atoms. The number of hydrogen-bond donors (Lipinski definition) is 2. The molecule has 0 saturated heterocycles. The van der Waals surface area contributed by atoms with E-state index in [1.165, 1.54) is 0 Å². The molecule has 0 aliphatic rings. The lowest BCUT2D eigenvalue weighted by Crippen LogP contribution is -2.32. The molecule has 26 heavy (non-hydrogen) atoms. The van der Waals surface area contributed by atoms with E-state index in [9.17, 15) is 9.59 Å². The van der Waals surface area contributed by atoms with E-state index in [1.54, 1.807) is 31.2 Å². The van der Waals surface area contributed by atoms with Crippen LogP contribution in [0.4, 0.5) is 5.69 Å². The quantitative estimate of drug-likeness (QED) is 0.706. The number of unbranched alkanes of at least 4 members (excludes halogenated alkanes) is 1. The molecule has 0 saturated carbocycles. The number of carbonyl (C=O) groups is 2. The van der Waals surface area contributed by atoms with Crippen molar-refractivity contribution < 1.29 is 14.3 Å². The van der Waals surface area contributed by atoms with Crippen molar-refractivity contribution in [3.63, 3.8) is 0 Å². The Balaban J connectivity index is 2.01. The molecule has 0 aromatic heterocycles. The number of hydrogen-bond acceptors (Lipinski definition) is 3. The Hall–Kier alpha value is -2.82. The topological polar surface area (TPSA) is 67.4 Å². The predicted molar refractivity (Wildman–Crippen MR) is 104 cm³/mol. The summed E-state index contributed by atoms with van der Waals surface area (Å²) in [7, 11) is 0. The van der Waals surface area contributed by atoms with Crippen LogP contribution in [-0.4, -0.2) is 24.5 Å². The molecule has 5 heteroatoms. The highest BCUT2D eigenvalue weighted by Crippen LogP contribution is 2.17. The zero-order valence-corrected chi connectivity index (χ0v) is 15.5. The monoisotopic (exact) mass is 354 g/mol. The first-order valence-electron chi connectivity index (χ1n) is 8.92. The highest BCUT2D eigenvalue weighted by atomic mass is 16.5. The maximum Gasteiger partial charge on any atom is 0.265 e. The van der Waals surface area contributed by atoms with Crippen LogP contribution in [0.3, 0.4) is 0 Å². The van der Waals surface area contributed by atoms with Crippen molar-refractivity contribution in [2.45, 2.75) is 39.7 Å². The molecule has 2 amide bonds. The van der Waals surface area contributed by atoms with Gasteiger partial charge in [-0.25, -0.2) is 0 Å². The van der Waals surface area contributed by atoms with Gasteiger partial charge in [0.1, 0.15) is 5.75 Å². The zero-order chi connectivity index (χ0) is 18.9. The molecular formula is C21H26N2O3. The van der Waals surface area contributed by atoms with Crippen LogP contribution in [0.1, 0.15) is 42.6 Å². The normalized spacial score (nSPS) is 11.5. The maximum atomic E-state index is 12.5. The lowest BCUT2D eigenvalue weighted by molar-refractivity contribution is -0.122. The average molecular weight is 354 g/mol. The van der Waals surface area contributed by atoms with Gasteiger partial charge in [0.15, 0.2) is 6.10 Å². The number of benzene rings is 2. The third kappa shape index (κ3) is 5.62. The van der Waals surface area contributed by atoms with E-state index in [0.29, 0.717) is 23.5 Å². The largest absolute Gasteiger partial charge is 0.481 e. The molecule has 0 fully saturated rings. The number of carbonyl (C=O) groups excluding carboxylic acids is 2. The summed E-state index contributed by atoms with van der Waals surface area (Å²) < 4.78 is 5.67. The molecule has 2 aromatic rings. The van der Waals surface area contributed by atoms with Crippen molar-refractivity contribution >= 4 is 17.5 Å². The summed E-state index contributed by atoms with van der Waals surface area (Å²) >= 11 is 0. The Morgan fingerprint density at radius 2 is 1.77 bits per heavy atom. The fourth-order valence-electron chi connectivity index (χ4n) is 2.37. The minimum atomic E-state index is -0.686. The Kier molecular flexibility index (Phi) is 7.21. The van der Waals surface area contributed by atoms with Crippen molar-refractivity contribution in [3.05, 3.63) is 59.7 Å². The molecule has 0 heterocycles. The fourth-order valence-corrected chi connectivity index (χ4v) is 2.37.